The van der Waals surface area contributed by atoms with Gasteiger partial charge in [0.05, 0.1) is 17.6 Å². The van der Waals surface area contributed by atoms with Crippen molar-refractivity contribution < 1.29 is 13.2 Å². The zero-order valence-electron chi connectivity index (χ0n) is 12.0. The van der Waals surface area contributed by atoms with E-state index in [0.717, 1.165) is 25.5 Å². The second-order valence-electron chi connectivity index (χ2n) is 5.53. The SMILES string of the molecule is CS(=O)(=O)Nc1ccccc1NC(=O)C[C@@H]1CCC[C@H]1N. The van der Waals surface area contributed by atoms with E-state index in [1.54, 1.807) is 24.3 Å². The summed E-state index contributed by atoms with van der Waals surface area (Å²) in [7, 11) is -3.39. The second-order valence-corrected chi connectivity index (χ2v) is 7.28. The van der Waals surface area contributed by atoms with E-state index < -0.39 is 10.0 Å². The summed E-state index contributed by atoms with van der Waals surface area (Å²) < 4.78 is 25.0. The topological polar surface area (TPSA) is 101 Å². The molecule has 0 radical (unpaired) electrons. The molecule has 0 saturated heterocycles. The fraction of sp³-hybridized carbons (Fsp3) is 0.500. The van der Waals surface area contributed by atoms with Crippen molar-refractivity contribution >= 4 is 27.3 Å². The molecule has 0 bridgehead atoms. The summed E-state index contributed by atoms with van der Waals surface area (Å²) in [5, 5.41) is 2.76. The van der Waals surface area contributed by atoms with Gasteiger partial charge in [0.1, 0.15) is 0 Å². The molecule has 1 saturated carbocycles. The van der Waals surface area contributed by atoms with Crippen molar-refractivity contribution in [1.82, 2.24) is 0 Å². The van der Waals surface area contributed by atoms with Crippen molar-refractivity contribution in [3.8, 4) is 0 Å². The Morgan fingerprint density at radius 3 is 2.52 bits per heavy atom. The van der Waals surface area contributed by atoms with Gasteiger partial charge in [0.15, 0.2) is 0 Å². The summed E-state index contributed by atoms with van der Waals surface area (Å²) in [6.07, 6.45) is 4.44. The molecule has 1 fully saturated rings. The van der Waals surface area contributed by atoms with E-state index in [1.807, 2.05) is 0 Å². The van der Waals surface area contributed by atoms with Crippen molar-refractivity contribution in [2.45, 2.75) is 31.7 Å². The van der Waals surface area contributed by atoms with Gasteiger partial charge in [-0.05, 0) is 30.9 Å². The number of benzene rings is 1. The van der Waals surface area contributed by atoms with Crippen molar-refractivity contribution in [1.29, 1.82) is 0 Å². The summed E-state index contributed by atoms with van der Waals surface area (Å²) in [6, 6.07) is 6.80. The minimum Gasteiger partial charge on any atom is -0.327 e. The third kappa shape index (κ3) is 4.71. The van der Waals surface area contributed by atoms with Crippen LogP contribution in [0.15, 0.2) is 24.3 Å². The van der Waals surface area contributed by atoms with Crippen LogP contribution >= 0.6 is 0 Å². The molecular weight excluding hydrogens is 290 g/mol. The molecule has 1 aromatic carbocycles. The van der Waals surface area contributed by atoms with E-state index in [9.17, 15) is 13.2 Å². The molecule has 0 unspecified atom stereocenters. The molecule has 1 amide bonds. The molecule has 21 heavy (non-hydrogen) atoms. The standard InChI is InChI=1S/C14H21N3O3S/c1-21(19,20)17-13-8-3-2-7-12(13)16-14(18)9-10-5-4-6-11(10)15/h2-3,7-8,10-11,17H,4-6,9,15H2,1H3,(H,16,18)/t10-,11+/m0/s1. The molecule has 0 heterocycles. The van der Waals surface area contributed by atoms with Gasteiger partial charge in [0.2, 0.25) is 15.9 Å². The Morgan fingerprint density at radius 1 is 1.29 bits per heavy atom. The van der Waals surface area contributed by atoms with Crippen molar-refractivity contribution in [2.75, 3.05) is 16.3 Å². The minimum atomic E-state index is -3.39. The van der Waals surface area contributed by atoms with Crippen LogP contribution in [-0.4, -0.2) is 26.6 Å². The first-order valence-electron chi connectivity index (χ1n) is 6.97. The van der Waals surface area contributed by atoms with E-state index in [2.05, 4.69) is 10.0 Å². The molecule has 6 nitrogen and oxygen atoms in total. The smallest absolute Gasteiger partial charge is 0.229 e. The molecule has 0 spiro atoms. The van der Waals surface area contributed by atoms with Crippen LogP contribution in [0.3, 0.4) is 0 Å². The number of sulfonamides is 1. The minimum absolute atomic E-state index is 0.0835. The molecule has 4 N–H and O–H groups in total. The van der Waals surface area contributed by atoms with Gasteiger partial charge in [0.25, 0.3) is 0 Å². The lowest BCUT2D eigenvalue weighted by Crippen LogP contribution is -2.28. The number of amides is 1. The van der Waals surface area contributed by atoms with E-state index >= 15 is 0 Å². The fourth-order valence-corrected chi connectivity index (χ4v) is 3.22. The van der Waals surface area contributed by atoms with Crippen LogP contribution in [0, 0.1) is 5.92 Å². The summed E-state index contributed by atoms with van der Waals surface area (Å²) in [5.74, 6) is 0.0696. The molecule has 1 aliphatic carbocycles. The molecule has 116 valence electrons. The van der Waals surface area contributed by atoms with Gasteiger partial charge < -0.3 is 11.1 Å². The number of nitrogens with two attached hydrogens (primary N) is 1. The summed E-state index contributed by atoms with van der Waals surface area (Å²) in [6.45, 7) is 0. The Kier molecular flexibility index (Phi) is 4.84. The Morgan fingerprint density at radius 2 is 1.95 bits per heavy atom. The number of anilines is 2. The Bertz CT molecular complexity index is 616. The normalized spacial score (nSPS) is 22.0. The first kappa shape index (κ1) is 15.8. The van der Waals surface area contributed by atoms with Crippen molar-refractivity contribution in [3.05, 3.63) is 24.3 Å². The second kappa shape index (κ2) is 6.44. The van der Waals surface area contributed by atoms with Gasteiger partial charge in [0, 0.05) is 12.5 Å². The molecule has 0 aromatic heterocycles. The van der Waals surface area contributed by atoms with Crippen molar-refractivity contribution in [2.24, 2.45) is 11.7 Å². The average Bonchev–Trinajstić information content (AvgIpc) is 2.76. The largest absolute Gasteiger partial charge is 0.327 e. The van der Waals surface area contributed by atoms with Gasteiger partial charge in [-0.3, -0.25) is 9.52 Å². The molecular formula is C14H21N3O3S. The predicted molar refractivity (Wildman–Crippen MR) is 83.5 cm³/mol. The quantitative estimate of drug-likeness (QED) is 0.767. The van der Waals surface area contributed by atoms with Crippen LogP contribution in [0.25, 0.3) is 0 Å². The van der Waals surface area contributed by atoms with E-state index in [4.69, 9.17) is 5.73 Å². The predicted octanol–water partition coefficient (Wildman–Crippen LogP) is 1.51. The number of carbonyl (C=O) groups excluding carboxylic acids is 1. The lowest BCUT2D eigenvalue weighted by atomic mass is 10.00. The summed E-state index contributed by atoms with van der Waals surface area (Å²) in [4.78, 5) is 12.1. The molecule has 0 aliphatic heterocycles. The highest BCUT2D eigenvalue weighted by atomic mass is 32.2. The van der Waals surface area contributed by atoms with Crippen LogP contribution in [0.5, 0.6) is 0 Å². The number of hydrogen-bond donors (Lipinski definition) is 3. The summed E-state index contributed by atoms with van der Waals surface area (Å²) >= 11 is 0. The van der Waals surface area contributed by atoms with E-state index in [0.29, 0.717) is 17.8 Å². The molecule has 2 atom stereocenters. The van der Waals surface area contributed by atoms with E-state index in [1.165, 1.54) is 0 Å². The molecule has 2 rings (SSSR count). The Labute approximate surface area is 125 Å². The van der Waals surface area contributed by atoms with Crippen LogP contribution in [0.2, 0.25) is 0 Å². The Hall–Kier alpha value is -1.60. The van der Waals surface area contributed by atoms with Crippen LogP contribution < -0.4 is 15.8 Å². The lowest BCUT2D eigenvalue weighted by molar-refractivity contribution is -0.117. The fourth-order valence-electron chi connectivity index (χ4n) is 2.64. The zero-order valence-corrected chi connectivity index (χ0v) is 12.8. The highest BCUT2D eigenvalue weighted by Crippen LogP contribution is 2.28. The third-order valence-electron chi connectivity index (χ3n) is 3.66. The van der Waals surface area contributed by atoms with Gasteiger partial charge in [-0.15, -0.1) is 0 Å². The number of para-hydroxylation sites is 2. The first-order chi connectivity index (χ1) is 9.85. The third-order valence-corrected chi connectivity index (χ3v) is 4.25. The van der Waals surface area contributed by atoms with Crippen LogP contribution in [-0.2, 0) is 14.8 Å². The number of nitrogens with one attached hydrogen (secondary N) is 2. The maximum Gasteiger partial charge on any atom is 0.229 e. The van der Waals surface area contributed by atoms with Gasteiger partial charge >= 0.3 is 0 Å². The maximum absolute atomic E-state index is 12.1. The van der Waals surface area contributed by atoms with Crippen LogP contribution in [0.1, 0.15) is 25.7 Å². The van der Waals surface area contributed by atoms with Crippen LogP contribution in [0.4, 0.5) is 11.4 Å². The maximum atomic E-state index is 12.1. The monoisotopic (exact) mass is 311 g/mol. The zero-order chi connectivity index (χ0) is 15.5. The molecule has 7 heteroatoms. The van der Waals surface area contributed by atoms with Gasteiger partial charge in [-0.25, -0.2) is 8.42 Å². The summed E-state index contributed by atoms with van der Waals surface area (Å²) in [5.41, 5.74) is 6.78. The number of carbonyl (C=O) groups is 1. The molecule has 1 aromatic rings. The number of hydrogen-bond acceptors (Lipinski definition) is 4. The molecule has 1 aliphatic rings. The highest BCUT2D eigenvalue weighted by molar-refractivity contribution is 7.92. The van der Waals surface area contributed by atoms with Crippen molar-refractivity contribution in [3.63, 3.8) is 0 Å². The number of rotatable bonds is 5. The first-order valence-corrected chi connectivity index (χ1v) is 8.86. The lowest BCUT2D eigenvalue weighted by Gasteiger charge is -2.16. The van der Waals surface area contributed by atoms with Gasteiger partial charge in [-0.1, -0.05) is 18.6 Å². The van der Waals surface area contributed by atoms with Gasteiger partial charge in [-0.2, -0.15) is 0 Å². The van der Waals surface area contributed by atoms with E-state index in [-0.39, 0.29) is 17.9 Å². The Balaban J connectivity index is 2.03. The average molecular weight is 311 g/mol. The highest BCUT2D eigenvalue weighted by Gasteiger charge is 2.26.